The van der Waals surface area contributed by atoms with Crippen LogP contribution in [0.15, 0.2) is 28.2 Å². The largest absolute Gasteiger partial charge is 0.462 e. The maximum absolute atomic E-state index is 11.6. The highest BCUT2D eigenvalue weighted by Gasteiger charge is 2.11. The van der Waals surface area contributed by atoms with Crippen LogP contribution in [0.1, 0.15) is 19.0 Å². The molecule has 0 saturated heterocycles. The van der Waals surface area contributed by atoms with Crippen molar-refractivity contribution in [2.24, 2.45) is 0 Å². The molecular weight excluding hydrogens is 264 g/mol. The smallest absolute Gasteiger partial charge is 0.226 e. The Kier molecular flexibility index (Phi) is 4.70. The first kappa shape index (κ1) is 13.8. The molecule has 0 saturated carbocycles. The molecule has 0 spiro atoms. The number of aliphatic hydroxyl groups is 1. The van der Waals surface area contributed by atoms with Gasteiger partial charge in [0.2, 0.25) is 5.91 Å². The molecule has 2 rings (SSSR count). The quantitative estimate of drug-likeness (QED) is 0.846. The van der Waals surface area contributed by atoms with Crippen molar-refractivity contribution in [3.63, 3.8) is 0 Å². The SMILES string of the molecule is CCC(O)CNC(=O)Cc1csc(-c2ccco2)n1. The molecule has 1 unspecified atom stereocenters. The third-order valence-electron chi connectivity index (χ3n) is 2.63. The van der Waals surface area contributed by atoms with Gasteiger partial charge in [0, 0.05) is 11.9 Å². The van der Waals surface area contributed by atoms with Crippen LogP contribution in [-0.2, 0) is 11.2 Å². The maximum atomic E-state index is 11.6. The minimum atomic E-state index is -0.488. The zero-order valence-corrected chi connectivity index (χ0v) is 11.4. The van der Waals surface area contributed by atoms with Crippen molar-refractivity contribution in [2.45, 2.75) is 25.9 Å². The van der Waals surface area contributed by atoms with Gasteiger partial charge < -0.3 is 14.8 Å². The summed E-state index contributed by atoms with van der Waals surface area (Å²) >= 11 is 1.44. The average Bonchev–Trinajstić information content (AvgIpc) is 3.06. The predicted octanol–water partition coefficient (Wildman–Crippen LogP) is 1.83. The van der Waals surface area contributed by atoms with Gasteiger partial charge >= 0.3 is 0 Å². The highest BCUT2D eigenvalue weighted by molar-refractivity contribution is 7.13. The molecule has 1 amide bonds. The third kappa shape index (κ3) is 3.90. The highest BCUT2D eigenvalue weighted by atomic mass is 32.1. The molecule has 6 heteroatoms. The molecule has 2 aromatic rings. The number of nitrogens with one attached hydrogen (secondary N) is 1. The summed E-state index contributed by atoms with van der Waals surface area (Å²) in [6.45, 7) is 2.15. The molecule has 102 valence electrons. The molecule has 2 heterocycles. The summed E-state index contributed by atoms with van der Waals surface area (Å²) < 4.78 is 5.25. The number of carbonyl (C=O) groups excluding carboxylic acids is 1. The third-order valence-corrected chi connectivity index (χ3v) is 3.54. The number of hydrogen-bond acceptors (Lipinski definition) is 5. The van der Waals surface area contributed by atoms with Crippen molar-refractivity contribution in [2.75, 3.05) is 6.54 Å². The average molecular weight is 280 g/mol. The Hall–Kier alpha value is -1.66. The van der Waals surface area contributed by atoms with Crippen LogP contribution in [0.25, 0.3) is 10.8 Å². The molecule has 1 atom stereocenters. The fourth-order valence-corrected chi connectivity index (χ4v) is 2.29. The lowest BCUT2D eigenvalue weighted by Gasteiger charge is -2.08. The highest BCUT2D eigenvalue weighted by Crippen LogP contribution is 2.23. The van der Waals surface area contributed by atoms with Crippen LogP contribution >= 0.6 is 11.3 Å². The van der Waals surface area contributed by atoms with Gasteiger partial charge in [-0.1, -0.05) is 6.92 Å². The van der Waals surface area contributed by atoms with E-state index in [0.29, 0.717) is 17.9 Å². The molecule has 0 aliphatic carbocycles. The van der Waals surface area contributed by atoms with Crippen molar-refractivity contribution < 1.29 is 14.3 Å². The van der Waals surface area contributed by atoms with Crippen LogP contribution in [0.2, 0.25) is 0 Å². The Morgan fingerprint density at radius 1 is 1.63 bits per heavy atom. The minimum absolute atomic E-state index is 0.135. The van der Waals surface area contributed by atoms with Crippen LogP contribution in [0.5, 0.6) is 0 Å². The van der Waals surface area contributed by atoms with Gasteiger partial charge in [0.15, 0.2) is 10.8 Å². The predicted molar refractivity (Wildman–Crippen MR) is 72.8 cm³/mol. The van der Waals surface area contributed by atoms with Crippen molar-refractivity contribution in [3.05, 3.63) is 29.5 Å². The van der Waals surface area contributed by atoms with Crippen LogP contribution in [0, 0.1) is 0 Å². The first-order chi connectivity index (χ1) is 9.19. The van der Waals surface area contributed by atoms with E-state index < -0.39 is 6.10 Å². The van der Waals surface area contributed by atoms with Gasteiger partial charge in [-0.3, -0.25) is 4.79 Å². The Morgan fingerprint density at radius 3 is 3.16 bits per heavy atom. The first-order valence-corrected chi connectivity index (χ1v) is 7.00. The Balaban J connectivity index is 1.88. The second-order valence-corrected chi connectivity index (χ2v) is 5.02. The Bertz CT molecular complexity index is 522. The molecule has 2 aromatic heterocycles. The van der Waals surface area contributed by atoms with Gasteiger partial charge in [0.05, 0.1) is 24.5 Å². The molecule has 0 aliphatic rings. The number of thiazole rings is 1. The molecule has 5 nitrogen and oxygen atoms in total. The number of amides is 1. The summed E-state index contributed by atoms with van der Waals surface area (Å²) in [5, 5.41) is 14.6. The van der Waals surface area contributed by atoms with E-state index in [2.05, 4.69) is 10.3 Å². The standard InChI is InChI=1S/C13H16N2O3S/c1-2-10(16)7-14-12(17)6-9-8-19-13(15-9)11-4-3-5-18-11/h3-5,8,10,16H,2,6-7H2,1H3,(H,14,17). The van der Waals surface area contributed by atoms with Gasteiger partial charge in [0.25, 0.3) is 0 Å². The van der Waals surface area contributed by atoms with Gasteiger partial charge in [-0.15, -0.1) is 11.3 Å². The summed E-state index contributed by atoms with van der Waals surface area (Å²) in [4.78, 5) is 16.0. The molecule has 0 aliphatic heterocycles. The second-order valence-electron chi connectivity index (χ2n) is 4.16. The van der Waals surface area contributed by atoms with Gasteiger partial charge in [-0.05, 0) is 18.6 Å². The molecular formula is C13H16N2O3S. The fourth-order valence-electron chi connectivity index (χ4n) is 1.50. The van der Waals surface area contributed by atoms with E-state index in [1.54, 1.807) is 12.3 Å². The first-order valence-electron chi connectivity index (χ1n) is 6.12. The number of nitrogens with zero attached hydrogens (tertiary/aromatic N) is 1. The summed E-state index contributed by atoms with van der Waals surface area (Å²) in [6, 6.07) is 3.63. The van der Waals surface area contributed by atoms with E-state index in [9.17, 15) is 9.90 Å². The van der Waals surface area contributed by atoms with Crippen LogP contribution in [0.4, 0.5) is 0 Å². The minimum Gasteiger partial charge on any atom is -0.462 e. The van der Waals surface area contributed by atoms with E-state index in [-0.39, 0.29) is 18.9 Å². The van der Waals surface area contributed by atoms with Gasteiger partial charge in [0.1, 0.15) is 0 Å². The molecule has 0 radical (unpaired) electrons. The Labute approximate surface area is 115 Å². The number of carbonyl (C=O) groups is 1. The van der Waals surface area contributed by atoms with Crippen molar-refractivity contribution in [1.82, 2.24) is 10.3 Å². The number of rotatable bonds is 6. The fraction of sp³-hybridized carbons (Fsp3) is 0.385. The lowest BCUT2D eigenvalue weighted by atomic mass is 10.2. The summed E-state index contributed by atoms with van der Waals surface area (Å²) in [5.74, 6) is 0.571. The topological polar surface area (TPSA) is 75.4 Å². The number of hydrogen-bond donors (Lipinski definition) is 2. The van der Waals surface area contributed by atoms with E-state index in [1.807, 2.05) is 18.4 Å². The molecule has 0 bridgehead atoms. The normalized spacial score (nSPS) is 12.3. The van der Waals surface area contributed by atoms with Crippen LogP contribution in [0.3, 0.4) is 0 Å². The zero-order chi connectivity index (χ0) is 13.7. The van der Waals surface area contributed by atoms with Crippen molar-refractivity contribution in [3.8, 4) is 10.8 Å². The van der Waals surface area contributed by atoms with Gasteiger partial charge in [-0.2, -0.15) is 0 Å². The molecule has 0 fully saturated rings. The molecule has 2 N–H and O–H groups in total. The monoisotopic (exact) mass is 280 g/mol. The van der Waals surface area contributed by atoms with Crippen LogP contribution in [-0.4, -0.2) is 28.6 Å². The lowest BCUT2D eigenvalue weighted by molar-refractivity contribution is -0.120. The van der Waals surface area contributed by atoms with Crippen molar-refractivity contribution >= 4 is 17.2 Å². The summed E-state index contributed by atoms with van der Waals surface area (Å²) in [7, 11) is 0. The van der Waals surface area contributed by atoms with E-state index in [0.717, 1.165) is 5.01 Å². The molecule has 19 heavy (non-hydrogen) atoms. The second kappa shape index (κ2) is 6.49. The molecule has 0 aromatic carbocycles. The number of furan rings is 1. The van der Waals surface area contributed by atoms with E-state index in [4.69, 9.17) is 4.42 Å². The van der Waals surface area contributed by atoms with Crippen molar-refractivity contribution in [1.29, 1.82) is 0 Å². The summed E-state index contributed by atoms with van der Waals surface area (Å²) in [5.41, 5.74) is 0.708. The van der Waals surface area contributed by atoms with E-state index in [1.165, 1.54) is 11.3 Å². The maximum Gasteiger partial charge on any atom is 0.226 e. The zero-order valence-electron chi connectivity index (χ0n) is 10.6. The van der Waals surface area contributed by atoms with Crippen LogP contribution < -0.4 is 5.32 Å². The number of aliphatic hydroxyl groups excluding tert-OH is 1. The number of aromatic nitrogens is 1. The van der Waals surface area contributed by atoms with Gasteiger partial charge in [-0.25, -0.2) is 4.98 Å². The summed E-state index contributed by atoms with van der Waals surface area (Å²) in [6.07, 6.45) is 1.95. The van der Waals surface area contributed by atoms with E-state index >= 15 is 0 Å². The Morgan fingerprint density at radius 2 is 2.47 bits per heavy atom. The lowest BCUT2D eigenvalue weighted by Crippen LogP contribution is -2.32.